The van der Waals surface area contributed by atoms with Crippen molar-refractivity contribution in [2.45, 2.75) is 0 Å². The Morgan fingerprint density at radius 3 is 1.20 bits per heavy atom. The summed E-state index contributed by atoms with van der Waals surface area (Å²) in [7, 11) is 0. The zero-order valence-corrected chi connectivity index (χ0v) is 8.71. The van der Waals surface area contributed by atoms with Crippen molar-refractivity contribution in [1.29, 1.82) is 0 Å². The predicted octanol–water partition coefficient (Wildman–Crippen LogP) is -7.91. The van der Waals surface area contributed by atoms with Gasteiger partial charge in [0.1, 0.15) is 0 Å². The van der Waals surface area contributed by atoms with E-state index < -0.39 is 0 Å². The van der Waals surface area contributed by atoms with Gasteiger partial charge < -0.3 is 37.2 Å². The van der Waals surface area contributed by atoms with Gasteiger partial charge in [0.05, 0.1) is 0 Å². The van der Waals surface area contributed by atoms with E-state index in [0.29, 0.717) is 0 Å². The molecule has 0 atom stereocenters. The van der Waals surface area contributed by atoms with Crippen molar-refractivity contribution in [3.63, 3.8) is 0 Å². The van der Waals surface area contributed by atoms with Gasteiger partial charge in [0.2, 0.25) is 0 Å². The zero-order valence-electron chi connectivity index (χ0n) is 4.80. The molecule has 1 rings (SSSR count). The molecule has 1 nitrogen and oxygen atoms in total. The van der Waals surface area contributed by atoms with Crippen LogP contribution >= 0.6 is 0 Å². The number of pyridine rings is 1. The molecule has 0 aliphatic carbocycles. The maximum atomic E-state index is 3.78. The van der Waals surface area contributed by atoms with Crippen LogP contribution < -0.4 is 37.2 Å². The smallest absolute Gasteiger partial charge is 1.00 e. The predicted molar refractivity (Wildman–Crippen MR) is 24.2 cm³/mol. The van der Waals surface area contributed by atoms with Gasteiger partial charge in [0, 0.05) is 12.4 Å². The van der Waals surface area contributed by atoms with E-state index >= 15 is 0 Å². The van der Waals surface area contributed by atoms with E-state index in [1.54, 1.807) is 12.4 Å². The third-order valence-corrected chi connectivity index (χ3v) is 0.566. The summed E-state index contributed by atoms with van der Waals surface area (Å²) < 4.78 is 0. The van der Waals surface area contributed by atoms with Gasteiger partial charge >= 0.3 is 19.5 Å². The first kappa shape index (κ1) is 22.4. The molecule has 60 valence electrons. The second-order valence-electron chi connectivity index (χ2n) is 1.02. The molecule has 0 spiro atoms. The van der Waals surface area contributed by atoms with E-state index in [2.05, 4.69) is 4.98 Å². The Morgan fingerprint density at radius 1 is 0.700 bits per heavy atom. The molecule has 1 aromatic rings. The molecule has 0 amide bonds. The maximum Gasteiger partial charge on any atom is 3.00 e. The minimum Gasteiger partial charge on any atom is -1.00 e. The van der Waals surface area contributed by atoms with E-state index in [1.807, 2.05) is 18.2 Å². The zero-order chi connectivity index (χ0) is 4.24. The van der Waals surface area contributed by atoms with Crippen LogP contribution in [0, 0.1) is 0 Å². The molecule has 0 aliphatic rings. The molecule has 0 radical (unpaired) electrons. The first-order valence-corrected chi connectivity index (χ1v) is 1.85. The Bertz CT molecular complexity index is 88.8. The SMILES string of the molecule is [Cl-].[Cl-].[Cl-].[Rh+3].c1ccncc1. The van der Waals surface area contributed by atoms with Crippen LogP contribution in [0.15, 0.2) is 30.6 Å². The second kappa shape index (κ2) is 16.3. The van der Waals surface area contributed by atoms with E-state index in [9.17, 15) is 0 Å². The van der Waals surface area contributed by atoms with Gasteiger partial charge in [0.15, 0.2) is 0 Å². The summed E-state index contributed by atoms with van der Waals surface area (Å²) in [5.74, 6) is 0. The summed E-state index contributed by atoms with van der Waals surface area (Å²) in [5.41, 5.74) is 0. The molecule has 0 aromatic carbocycles. The standard InChI is InChI=1S/C5H5N.3ClH.Rh/c1-2-4-6-5-3-1;;;;/h1-5H;3*1H;/q;;;;+3/p-3. The molecule has 0 aliphatic heterocycles. The number of aromatic nitrogens is 1. The van der Waals surface area contributed by atoms with Crippen LogP contribution in [0.1, 0.15) is 0 Å². The molecule has 1 aromatic heterocycles. The molecular formula is C5H5Cl3NRh. The molecule has 0 fully saturated rings. The fourth-order valence-electron chi connectivity index (χ4n) is 0.313. The first-order valence-electron chi connectivity index (χ1n) is 1.85. The van der Waals surface area contributed by atoms with Crippen LogP contribution in [0.25, 0.3) is 0 Å². The van der Waals surface area contributed by atoms with E-state index in [-0.39, 0.29) is 56.7 Å². The molecule has 1 heterocycles. The van der Waals surface area contributed by atoms with Crippen molar-refractivity contribution < 1.29 is 56.7 Å². The minimum atomic E-state index is 0. The van der Waals surface area contributed by atoms with Gasteiger partial charge in [-0.25, -0.2) is 0 Å². The van der Waals surface area contributed by atoms with Crippen LogP contribution in [0.5, 0.6) is 0 Å². The van der Waals surface area contributed by atoms with Crippen molar-refractivity contribution >= 4 is 0 Å². The molecular weight excluding hydrogens is 283 g/mol. The molecule has 5 heteroatoms. The largest absolute Gasteiger partial charge is 3.00 e. The van der Waals surface area contributed by atoms with Crippen LogP contribution in [-0.2, 0) is 19.5 Å². The topological polar surface area (TPSA) is 12.9 Å². The van der Waals surface area contributed by atoms with Crippen LogP contribution in [-0.4, -0.2) is 4.98 Å². The van der Waals surface area contributed by atoms with Crippen molar-refractivity contribution in [1.82, 2.24) is 4.98 Å². The monoisotopic (exact) mass is 287 g/mol. The second-order valence-corrected chi connectivity index (χ2v) is 1.02. The summed E-state index contributed by atoms with van der Waals surface area (Å²) in [6.45, 7) is 0. The summed E-state index contributed by atoms with van der Waals surface area (Å²) in [6.07, 6.45) is 3.50. The van der Waals surface area contributed by atoms with E-state index in [0.717, 1.165) is 0 Å². The quantitative estimate of drug-likeness (QED) is 0.432. The summed E-state index contributed by atoms with van der Waals surface area (Å²) in [4.78, 5) is 3.78. The maximum absolute atomic E-state index is 3.78. The summed E-state index contributed by atoms with van der Waals surface area (Å²) >= 11 is 0. The Hall–Kier alpha value is 0.643. The number of hydrogen-bond acceptors (Lipinski definition) is 1. The Balaban J connectivity index is -0.0000000450. The molecule has 0 bridgehead atoms. The van der Waals surface area contributed by atoms with Crippen LogP contribution in [0.4, 0.5) is 0 Å². The average Bonchev–Trinajstić information content (AvgIpc) is 1.72. The third kappa shape index (κ3) is 11.4. The van der Waals surface area contributed by atoms with Crippen LogP contribution in [0.2, 0.25) is 0 Å². The van der Waals surface area contributed by atoms with Crippen LogP contribution in [0.3, 0.4) is 0 Å². The number of nitrogens with zero attached hydrogens (tertiary/aromatic N) is 1. The minimum absolute atomic E-state index is 0. The van der Waals surface area contributed by atoms with Gasteiger partial charge in [0.25, 0.3) is 0 Å². The van der Waals surface area contributed by atoms with Gasteiger partial charge in [-0.2, -0.15) is 0 Å². The first-order chi connectivity index (χ1) is 3.00. The normalized spacial score (nSPS) is 4.80. The van der Waals surface area contributed by atoms with E-state index in [1.165, 1.54) is 0 Å². The number of halogens is 3. The summed E-state index contributed by atoms with van der Waals surface area (Å²) in [6, 6.07) is 5.72. The van der Waals surface area contributed by atoms with Crippen molar-refractivity contribution in [3.8, 4) is 0 Å². The fourth-order valence-corrected chi connectivity index (χ4v) is 0.313. The molecule has 0 N–H and O–H groups in total. The summed E-state index contributed by atoms with van der Waals surface area (Å²) in [5, 5.41) is 0. The van der Waals surface area contributed by atoms with E-state index in [4.69, 9.17) is 0 Å². The van der Waals surface area contributed by atoms with Crippen molar-refractivity contribution in [3.05, 3.63) is 30.6 Å². The molecule has 10 heavy (non-hydrogen) atoms. The van der Waals surface area contributed by atoms with Gasteiger partial charge in [-0.15, -0.1) is 0 Å². The molecule has 0 saturated carbocycles. The number of hydrogen-bond donors (Lipinski definition) is 0. The average molecular weight is 288 g/mol. The third-order valence-electron chi connectivity index (χ3n) is 0.566. The van der Waals surface area contributed by atoms with Crippen molar-refractivity contribution in [2.75, 3.05) is 0 Å². The fraction of sp³-hybridized carbons (Fsp3) is 0. The Kier molecular flexibility index (Phi) is 36.6. The van der Waals surface area contributed by atoms with Gasteiger partial charge in [-0.05, 0) is 12.1 Å². The number of rotatable bonds is 0. The molecule has 0 saturated heterocycles. The Morgan fingerprint density at radius 2 is 1.10 bits per heavy atom. The molecule has 0 unspecified atom stereocenters. The van der Waals surface area contributed by atoms with Crippen molar-refractivity contribution in [2.24, 2.45) is 0 Å². The van der Waals surface area contributed by atoms with Gasteiger partial charge in [-0.3, -0.25) is 4.98 Å². The Labute approximate surface area is 92.0 Å². The van der Waals surface area contributed by atoms with Gasteiger partial charge in [-0.1, -0.05) is 6.07 Å².